The number of amides is 1. The number of rotatable bonds is 4. The van der Waals surface area contributed by atoms with Gasteiger partial charge in [-0.1, -0.05) is 23.7 Å². The van der Waals surface area contributed by atoms with E-state index in [0.717, 1.165) is 15.9 Å². The molecule has 4 rings (SSSR count). The van der Waals surface area contributed by atoms with Crippen LogP contribution in [-0.4, -0.2) is 35.7 Å². The molecule has 1 N–H and O–H groups in total. The molecule has 1 amide bonds. The number of hydrogen-bond donors (Lipinski definition) is 1. The zero-order valence-corrected chi connectivity index (χ0v) is 15.5. The number of carbonyl (C=O) groups is 1. The van der Waals surface area contributed by atoms with Gasteiger partial charge in [0.2, 0.25) is 5.91 Å². The number of aromatic nitrogens is 5. The predicted molar refractivity (Wildman–Crippen MR) is 102 cm³/mol. The van der Waals surface area contributed by atoms with Crippen LogP contribution in [0, 0.1) is 0 Å². The van der Waals surface area contributed by atoms with Gasteiger partial charge in [-0.25, -0.2) is 18.4 Å². The average molecular weight is 385 g/mol. The molecule has 0 aliphatic rings. The van der Waals surface area contributed by atoms with Crippen molar-refractivity contribution in [2.24, 2.45) is 0 Å². The Labute approximate surface area is 159 Å². The smallest absolute Gasteiger partial charge is 0.350 e. The second-order valence-electron chi connectivity index (χ2n) is 6.52. The van der Waals surface area contributed by atoms with E-state index in [2.05, 4.69) is 15.5 Å². The molecular formula is C18H17ClN6O2. The van der Waals surface area contributed by atoms with E-state index in [9.17, 15) is 9.59 Å². The van der Waals surface area contributed by atoms with Crippen molar-refractivity contribution in [2.45, 2.75) is 26.4 Å². The Kier molecular flexibility index (Phi) is 4.19. The highest BCUT2D eigenvalue weighted by molar-refractivity contribution is 6.30. The third kappa shape index (κ3) is 3.19. The summed E-state index contributed by atoms with van der Waals surface area (Å²) < 4.78 is 4.22. The fourth-order valence-electron chi connectivity index (χ4n) is 2.90. The molecule has 27 heavy (non-hydrogen) atoms. The van der Waals surface area contributed by atoms with E-state index in [4.69, 9.17) is 11.6 Å². The first-order valence-electron chi connectivity index (χ1n) is 8.45. The maximum Gasteiger partial charge on any atom is 0.350 e. The quantitative estimate of drug-likeness (QED) is 0.583. The Morgan fingerprint density at radius 2 is 1.93 bits per heavy atom. The van der Waals surface area contributed by atoms with Crippen LogP contribution < -0.4 is 11.0 Å². The minimum Gasteiger partial charge on any atom is -0.352 e. The lowest BCUT2D eigenvalue weighted by Gasteiger charge is -2.06. The highest BCUT2D eigenvalue weighted by atomic mass is 35.5. The molecule has 0 aliphatic heterocycles. The summed E-state index contributed by atoms with van der Waals surface area (Å²) in [5, 5.41) is 12.3. The van der Waals surface area contributed by atoms with Crippen molar-refractivity contribution < 1.29 is 4.79 Å². The lowest BCUT2D eigenvalue weighted by Crippen LogP contribution is -2.36. The van der Waals surface area contributed by atoms with Crippen LogP contribution in [0.4, 0.5) is 0 Å². The highest BCUT2D eigenvalue weighted by Crippen LogP contribution is 2.22. The summed E-state index contributed by atoms with van der Waals surface area (Å²) in [6.07, 6.45) is 3.27. The number of fused-ring (bicyclic) bond motifs is 3. The normalized spacial score (nSPS) is 11.6. The SMILES string of the molecule is CC(C)NC(=O)Cn1nc2c3cc(-c4ccc(Cl)cc4)nn3ccn2c1=O. The van der Waals surface area contributed by atoms with Crippen LogP contribution >= 0.6 is 11.6 Å². The first kappa shape index (κ1) is 17.3. The number of carbonyl (C=O) groups excluding carboxylic acids is 1. The van der Waals surface area contributed by atoms with Crippen LogP contribution in [0.15, 0.2) is 47.5 Å². The molecular weight excluding hydrogens is 368 g/mol. The van der Waals surface area contributed by atoms with Crippen molar-refractivity contribution in [2.75, 3.05) is 0 Å². The molecule has 0 saturated carbocycles. The fraction of sp³-hybridized carbons (Fsp3) is 0.222. The maximum atomic E-state index is 12.5. The van der Waals surface area contributed by atoms with Crippen molar-refractivity contribution in [1.29, 1.82) is 0 Å². The molecule has 0 saturated heterocycles. The Hall–Kier alpha value is -3.13. The molecule has 9 heteroatoms. The second kappa shape index (κ2) is 6.55. The molecule has 0 unspecified atom stereocenters. The first-order valence-corrected chi connectivity index (χ1v) is 8.83. The van der Waals surface area contributed by atoms with Crippen LogP contribution in [0.1, 0.15) is 13.8 Å². The largest absolute Gasteiger partial charge is 0.352 e. The Morgan fingerprint density at radius 1 is 1.19 bits per heavy atom. The number of nitrogens with zero attached hydrogens (tertiary/aromatic N) is 5. The lowest BCUT2D eigenvalue weighted by atomic mass is 10.1. The lowest BCUT2D eigenvalue weighted by molar-refractivity contribution is -0.122. The van der Waals surface area contributed by atoms with Gasteiger partial charge >= 0.3 is 5.69 Å². The minimum atomic E-state index is -0.374. The summed E-state index contributed by atoms with van der Waals surface area (Å²) >= 11 is 5.94. The monoisotopic (exact) mass is 384 g/mol. The molecule has 0 atom stereocenters. The van der Waals surface area contributed by atoms with Crippen molar-refractivity contribution in [3.05, 3.63) is 58.2 Å². The predicted octanol–water partition coefficient (Wildman–Crippen LogP) is 1.99. The summed E-state index contributed by atoms with van der Waals surface area (Å²) in [6, 6.07) is 9.19. The molecule has 1 aromatic carbocycles. The molecule has 0 bridgehead atoms. The van der Waals surface area contributed by atoms with Gasteiger partial charge in [0.25, 0.3) is 0 Å². The molecule has 8 nitrogen and oxygen atoms in total. The number of benzene rings is 1. The van der Waals surface area contributed by atoms with Gasteiger partial charge in [-0.15, -0.1) is 5.10 Å². The van der Waals surface area contributed by atoms with Gasteiger partial charge < -0.3 is 5.32 Å². The van der Waals surface area contributed by atoms with Gasteiger partial charge in [0.1, 0.15) is 12.1 Å². The van der Waals surface area contributed by atoms with Crippen LogP contribution in [0.3, 0.4) is 0 Å². The molecule has 0 aliphatic carbocycles. The van der Waals surface area contributed by atoms with Crippen LogP contribution in [-0.2, 0) is 11.3 Å². The maximum absolute atomic E-state index is 12.5. The summed E-state index contributed by atoms with van der Waals surface area (Å²) in [6.45, 7) is 3.58. The first-order chi connectivity index (χ1) is 12.9. The molecule has 3 heterocycles. The van der Waals surface area contributed by atoms with E-state index in [0.29, 0.717) is 16.2 Å². The Morgan fingerprint density at radius 3 is 2.63 bits per heavy atom. The Balaban J connectivity index is 1.79. The van der Waals surface area contributed by atoms with Gasteiger partial charge in [-0.2, -0.15) is 5.10 Å². The molecule has 138 valence electrons. The van der Waals surface area contributed by atoms with Crippen LogP contribution in [0.25, 0.3) is 22.4 Å². The summed E-state index contributed by atoms with van der Waals surface area (Å²) in [5.41, 5.74) is 2.37. The van der Waals surface area contributed by atoms with E-state index in [1.807, 2.05) is 32.0 Å². The van der Waals surface area contributed by atoms with Crippen molar-refractivity contribution in [1.82, 2.24) is 29.1 Å². The molecule has 3 aromatic heterocycles. The molecule has 0 spiro atoms. The summed E-state index contributed by atoms with van der Waals surface area (Å²) in [4.78, 5) is 24.5. The average Bonchev–Trinajstić information content (AvgIpc) is 3.17. The van der Waals surface area contributed by atoms with E-state index in [1.165, 1.54) is 4.40 Å². The van der Waals surface area contributed by atoms with Crippen molar-refractivity contribution in [3.8, 4) is 11.3 Å². The number of halogens is 1. The van der Waals surface area contributed by atoms with Gasteiger partial charge in [-0.3, -0.25) is 4.79 Å². The fourth-order valence-corrected chi connectivity index (χ4v) is 3.03. The van der Waals surface area contributed by atoms with Gasteiger partial charge in [0.15, 0.2) is 5.65 Å². The van der Waals surface area contributed by atoms with E-state index in [-0.39, 0.29) is 24.2 Å². The standard InChI is InChI=1S/C18H17ClN6O2/c1-11(2)20-16(26)10-25-18(27)23-7-8-24-15(17(23)22-25)9-14(21-24)12-3-5-13(19)6-4-12/h3-9,11H,10H2,1-2H3,(H,20,26). The molecule has 0 radical (unpaired) electrons. The van der Waals surface area contributed by atoms with Gasteiger partial charge in [0, 0.05) is 29.0 Å². The topological polar surface area (TPSA) is 85.7 Å². The van der Waals surface area contributed by atoms with Crippen molar-refractivity contribution in [3.63, 3.8) is 0 Å². The van der Waals surface area contributed by atoms with E-state index < -0.39 is 0 Å². The third-order valence-electron chi connectivity index (χ3n) is 4.08. The number of nitrogens with one attached hydrogen (secondary N) is 1. The zero-order valence-electron chi connectivity index (χ0n) is 14.8. The third-order valence-corrected chi connectivity index (χ3v) is 4.33. The van der Waals surface area contributed by atoms with Crippen LogP contribution in [0.2, 0.25) is 5.02 Å². The highest BCUT2D eigenvalue weighted by Gasteiger charge is 2.15. The minimum absolute atomic E-state index is 0.00583. The summed E-state index contributed by atoms with van der Waals surface area (Å²) in [7, 11) is 0. The van der Waals surface area contributed by atoms with E-state index in [1.54, 1.807) is 29.0 Å². The Bertz CT molecular complexity index is 1200. The number of hydrogen-bond acceptors (Lipinski definition) is 4. The van der Waals surface area contributed by atoms with E-state index >= 15 is 0 Å². The zero-order chi connectivity index (χ0) is 19.1. The van der Waals surface area contributed by atoms with Gasteiger partial charge in [-0.05, 0) is 32.0 Å². The van der Waals surface area contributed by atoms with Crippen LogP contribution in [0.5, 0.6) is 0 Å². The van der Waals surface area contributed by atoms with Gasteiger partial charge in [0.05, 0.1) is 5.69 Å². The molecule has 4 aromatic rings. The molecule has 0 fully saturated rings. The summed E-state index contributed by atoms with van der Waals surface area (Å²) in [5.74, 6) is -0.262. The van der Waals surface area contributed by atoms with Crippen molar-refractivity contribution >= 4 is 28.7 Å². The second-order valence-corrected chi connectivity index (χ2v) is 6.96.